The Hall–Kier alpha value is -2.14. The van der Waals surface area contributed by atoms with Gasteiger partial charge in [-0.25, -0.2) is 0 Å². The van der Waals surface area contributed by atoms with Crippen LogP contribution >= 0.6 is 11.6 Å². The van der Waals surface area contributed by atoms with Crippen LogP contribution in [0.5, 0.6) is 0 Å². The molecule has 0 atom stereocenters. The Morgan fingerprint density at radius 3 is 2.63 bits per heavy atom. The second-order valence-corrected chi connectivity index (χ2v) is 4.61. The first-order chi connectivity index (χ1) is 9.13. The number of rotatable bonds is 2. The molecule has 0 radical (unpaired) electrons. The van der Waals surface area contributed by atoms with Crippen LogP contribution in [0, 0.1) is 0 Å². The summed E-state index contributed by atoms with van der Waals surface area (Å²) in [6.45, 7) is 0. The van der Waals surface area contributed by atoms with Gasteiger partial charge in [-0.05, 0) is 23.7 Å². The summed E-state index contributed by atoms with van der Waals surface area (Å²) in [7, 11) is 3.68. The summed E-state index contributed by atoms with van der Waals surface area (Å²) in [6, 6.07) is 9.63. The van der Waals surface area contributed by atoms with Crippen molar-refractivity contribution in [1.82, 2.24) is 15.0 Å². The summed E-state index contributed by atoms with van der Waals surface area (Å²) in [5.74, 6) is 1.50. The quantitative estimate of drug-likeness (QED) is 0.719. The first-order valence-corrected chi connectivity index (χ1v) is 6.09. The molecule has 0 spiro atoms. The molecule has 6 heteroatoms. The predicted molar refractivity (Wildman–Crippen MR) is 74.4 cm³/mol. The van der Waals surface area contributed by atoms with E-state index >= 15 is 0 Å². The highest BCUT2D eigenvalue weighted by molar-refractivity contribution is 6.28. The lowest BCUT2D eigenvalue weighted by Gasteiger charge is -2.09. The molecule has 0 bridgehead atoms. The van der Waals surface area contributed by atoms with Crippen molar-refractivity contribution >= 4 is 28.5 Å². The zero-order valence-corrected chi connectivity index (χ0v) is 11.2. The lowest BCUT2D eigenvalue weighted by atomic mass is 10.2. The van der Waals surface area contributed by atoms with Crippen molar-refractivity contribution in [3.05, 3.63) is 35.6 Å². The van der Waals surface area contributed by atoms with E-state index in [-0.39, 0.29) is 5.28 Å². The standard InChI is InChI=1S/C13H11ClN4O/c1-18(2)13-16-11(15-12(14)17-13)10-7-8-5-3-4-6-9(8)19-10/h3-7H,1-2H3. The summed E-state index contributed by atoms with van der Waals surface area (Å²) >= 11 is 5.91. The number of nitrogens with zero attached hydrogens (tertiary/aromatic N) is 4. The number of hydrogen-bond donors (Lipinski definition) is 0. The van der Waals surface area contributed by atoms with E-state index < -0.39 is 0 Å². The Balaban J connectivity index is 2.15. The maximum absolute atomic E-state index is 5.91. The van der Waals surface area contributed by atoms with Crippen LogP contribution < -0.4 is 4.90 Å². The number of furan rings is 1. The minimum atomic E-state index is 0.147. The number of hydrogen-bond acceptors (Lipinski definition) is 5. The van der Waals surface area contributed by atoms with Crippen LogP contribution in [-0.2, 0) is 0 Å². The smallest absolute Gasteiger partial charge is 0.229 e. The van der Waals surface area contributed by atoms with Crippen molar-refractivity contribution in [3.63, 3.8) is 0 Å². The third-order valence-corrected chi connectivity index (χ3v) is 2.81. The van der Waals surface area contributed by atoms with E-state index in [2.05, 4.69) is 15.0 Å². The van der Waals surface area contributed by atoms with E-state index in [0.29, 0.717) is 17.5 Å². The average molecular weight is 275 g/mol. The largest absolute Gasteiger partial charge is 0.453 e. The highest BCUT2D eigenvalue weighted by Crippen LogP contribution is 2.26. The number of fused-ring (bicyclic) bond motifs is 1. The van der Waals surface area contributed by atoms with Gasteiger partial charge in [-0.2, -0.15) is 15.0 Å². The minimum absolute atomic E-state index is 0.147. The second-order valence-electron chi connectivity index (χ2n) is 4.27. The Kier molecular flexibility index (Phi) is 2.83. The summed E-state index contributed by atoms with van der Waals surface area (Å²) < 4.78 is 5.71. The molecule has 0 unspecified atom stereocenters. The molecule has 0 amide bonds. The number of benzene rings is 1. The molecule has 96 valence electrons. The van der Waals surface area contributed by atoms with Crippen LogP contribution in [0.3, 0.4) is 0 Å². The van der Waals surface area contributed by atoms with E-state index in [1.54, 1.807) is 4.90 Å². The first kappa shape index (κ1) is 11.9. The molecule has 2 heterocycles. The molecule has 0 saturated carbocycles. The maximum Gasteiger partial charge on any atom is 0.229 e. The van der Waals surface area contributed by atoms with Crippen molar-refractivity contribution in [2.24, 2.45) is 0 Å². The monoisotopic (exact) mass is 274 g/mol. The van der Waals surface area contributed by atoms with Crippen molar-refractivity contribution in [2.45, 2.75) is 0 Å². The van der Waals surface area contributed by atoms with E-state index in [4.69, 9.17) is 16.0 Å². The molecule has 0 aliphatic heterocycles. The van der Waals surface area contributed by atoms with Crippen LogP contribution in [0.2, 0.25) is 5.28 Å². The van der Waals surface area contributed by atoms with Crippen molar-refractivity contribution in [1.29, 1.82) is 0 Å². The van der Waals surface area contributed by atoms with Crippen LogP contribution in [0.25, 0.3) is 22.6 Å². The third-order valence-electron chi connectivity index (χ3n) is 2.64. The van der Waals surface area contributed by atoms with Gasteiger partial charge < -0.3 is 9.32 Å². The molecule has 0 N–H and O–H groups in total. The molecule has 3 rings (SSSR count). The SMILES string of the molecule is CN(C)c1nc(Cl)nc(-c2cc3ccccc3o2)n1. The molecular weight excluding hydrogens is 264 g/mol. The van der Waals surface area contributed by atoms with Crippen LogP contribution in [0.4, 0.5) is 5.95 Å². The number of halogens is 1. The first-order valence-electron chi connectivity index (χ1n) is 5.71. The van der Waals surface area contributed by atoms with Gasteiger partial charge in [-0.15, -0.1) is 0 Å². The molecule has 0 fully saturated rings. The summed E-state index contributed by atoms with van der Waals surface area (Å²) in [5, 5.41) is 1.15. The lowest BCUT2D eigenvalue weighted by molar-refractivity contribution is 0.624. The predicted octanol–water partition coefficient (Wildman–Crippen LogP) is 3.00. The molecule has 19 heavy (non-hydrogen) atoms. The number of para-hydroxylation sites is 1. The van der Waals surface area contributed by atoms with Gasteiger partial charge in [0.15, 0.2) is 5.76 Å². The zero-order valence-electron chi connectivity index (χ0n) is 10.5. The minimum Gasteiger partial charge on any atom is -0.453 e. The Morgan fingerprint density at radius 2 is 1.89 bits per heavy atom. The molecule has 2 aromatic heterocycles. The van der Waals surface area contributed by atoms with E-state index in [0.717, 1.165) is 11.0 Å². The second kappa shape index (κ2) is 4.51. The molecule has 0 aliphatic carbocycles. The lowest BCUT2D eigenvalue weighted by Crippen LogP contribution is -2.13. The van der Waals surface area contributed by atoms with Crippen molar-refractivity contribution < 1.29 is 4.42 Å². The molecule has 0 saturated heterocycles. The molecule has 0 aliphatic rings. The number of aromatic nitrogens is 3. The van der Waals surface area contributed by atoms with Crippen molar-refractivity contribution in [3.8, 4) is 11.6 Å². The molecule has 3 aromatic rings. The summed E-state index contributed by atoms with van der Waals surface area (Å²) in [4.78, 5) is 14.2. The Morgan fingerprint density at radius 1 is 1.11 bits per heavy atom. The fourth-order valence-corrected chi connectivity index (χ4v) is 1.90. The van der Waals surface area contributed by atoms with Crippen LogP contribution in [-0.4, -0.2) is 29.0 Å². The van der Waals surface area contributed by atoms with Gasteiger partial charge >= 0.3 is 0 Å². The maximum atomic E-state index is 5.91. The fourth-order valence-electron chi connectivity index (χ4n) is 1.74. The molecule has 5 nitrogen and oxygen atoms in total. The van der Waals surface area contributed by atoms with E-state index in [9.17, 15) is 0 Å². The van der Waals surface area contributed by atoms with Gasteiger partial charge in [-0.3, -0.25) is 0 Å². The average Bonchev–Trinajstić information content (AvgIpc) is 2.81. The number of anilines is 1. The molecular formula is C13H11ClN4O. The van der Waals surface area contributed by atoms with Gasteiger partial charge in [0.25, 0.3) is 0 Å². The van der Waals surface area contributed by atoms with Gasteiger partial charge in [0.1, 0.15) is 5.58 Å². The summed E-state index contributed by atoms with van der Waals surface area (Å²) in [5.41, 5.74) is 0.792. The van der Waals surface area contributed by atoms with Gasteiger partial charge in [0.2, 0.25) is 17.1 Å². The topological polar surface area (TPSA) is 55.1 Å². The van der Waals surface area contributed by atoms with Gasteiger partial charge in [0.05, 0.1) is 0 Å². The summed E-state index contributed by atoms with van der Waals surface area (Å²) in [6.07, 6.45) is 0. The van der Waals surface area contributed by atoms with Gasteiger partial charge in [-0.1, -0.05) is 18.2 Å². The highest BCUT2D eigenvalue weighted by Gasteiger charge is 2.12. The van der Waals surface area contributed by atoms with Crippen LogP contribution in [0.15, 0.2) is 34.7 Å². The third kappa shape index (κ3) is 2.24. The Labute approximate surface area is 114 Å². The molecule has 1 aromatic carbocycles. The van der Waals surface area contributed by atoms with E-state index in [1.807, 2.05) is 44.4 Å². The Bertz CT molecular complexity index is 705. The zero-order chi connectivity index (χ0) is 13.4. The van der Waals surface area contributed by atoms with Crippen LogP contribution in [0.1, 0.15) is 0 Å². The van der Waals surface area contributed by atoms with Crippen molar-refractivity contribution in [2.75, 3.05) is 19.0 Å². The van der Waals surface area contributed by atoms with E-state index in [1.165, 1.54) is 0 Å². The highest BCUT2D eigenvalue weighted by atomic mass is 35.5. The normalized spacial score (nSPS) is 10.9. The fraction of sp³-hybridized carbons (Fsp3) is 0.154. The van der Waals surface area contributed by atoms with Gasteiger partial charge in [0, 0.05) is 19.5 Å².